The molecule has 0 fully saturated rings. The zero-order valence-electron chi connectivity index (χ0n) is 6.82. The van der Waals surface area contributed by atoms with E-state index >= 15 is 0 Å². The highest BCUT2D eigenvalue weighted by Gasteiger charge is 2.04. The summed E-state index contributed by atoms with van der Waals surface area (Å²) < 4.78 is 0. The molecule has 0 aliphatic carbocycles. The Hall–Kier alpha value is -0.630. The van der Waals surface area contributed by atoms with E-state index in [2.05, 4.69) is 10.3 Å². The zero-order chi connectivity index (χ0) is 8.27. The highest BCUT2D eigenvalue weighted by Crippen LogP contribution is 2.15. The van der Waals surface area contributed by atoms with Gasteiger partial charge in [0.05, 0.1) is 0 Å². The monoisotopic (exact) mass is 172 g/mol. The Kier molecular flexibility index (Phi) is 2.83. The summed E-state index contributed by atoms with van der Waals surface area (Å²) in [6, 6.07) is 2.05. The molecule has 1 aromatic rings. The van der Waals surface area contributed by atoms with Crippen LogP contribution in [-0.4, -0.2) is 17.4 Å². The predicted octanol–water partition coefficient (Wildman–Crippen LogP) is 2.23. The van der Waals surface area contributed by atoms with E-state index in [-0.39, 0.29) is 5.38 Å². The van der Waals surface area contributed by atoms with Gasteiger partial charge >= 0.3 is 0 Å². The van der Waals surface area contributed by atoms with E-state index < -0.39 is 0 Å². The number of aromatic amines is 1. The quantitative estimate of drug-likeness (QED) is 0.673. The third-order valence-corrected chi connectivity index (χ3v) is 1.74. The minimum atomic E-state index is 0.192. The fraction of sp³-hybridized carbons (Fsp3) is 0.500. The van der Waals surface area contributed by atoms with Gasteiger partial charge < -0.3 is 10.3 Å². The zero-order valence-corrected chi connectivity index (χ0v) is 7.57. The molecule has 1 heterocycles. The fourth-order valence-corrected chi connectivity index (χ4v) is 1.27. The van der Waals surface area contributed by atoms with Crippen LogP contribution in [-0.2, 0) is 6.42 Å². The standard InChI is InChI=1S/C8H13ClN2/c1-6(9)5-7-3-4-11-8(7)10-2/h3-4,6,10-11H,5H2,1-2H3. The number of hydrogen-bond acceptors (Lipinski definition) is 1. The molecule has 1 aromatic heterocycles. The number of H-pyrrole nitrogens is 1. The van der Waals surface area contributed by atoms with Crippen LogP contribution in [0.15, 0.2) is 12.3 Å². The van der Waals surface area contributed by atoms with Gasteiger partial charge in [0.15, 0.2) is 0 Å². The average Bonchev–Trinajstić information content (AvgIpc) is 2.34. The first-order chi connectivity index (χ1) is 5.24. The molecule has 2 N–H and O–H groups in total. The Bertz CT molecular complexity index is 218. The summed E-state index contributed by atoms with van der Waals surface area (Å²) in [4.78, 5) is 3.09. The van der Waals surface area contributed by atoms with Crippen LogP contribution in [0, 0.1) is 0 Å². The number of hydrogen-bond donors (Lipinski definition) is 2. The molecule has 0 saturated carbocycles. The van der Waals surface area contributed by atoms with Crippen molar-refractivity contribution in [1.29, 1.82) is 0 Å². The molecule has 62 valence electrons. The van der Waals surface area contributed by atoms with Crippen molar-refractivity contribution in [2.45, 2.75) is 18.7 Å². The fourth-order valence-electron chi connectivity index (χ4n) is 1.11. The molecular weight excluding hydrogens is 160 g/mol. The van der Waals surface area contributed by atoms with Crippen LogP contribution in [0.2, 0.25) is 0 Å². The average molecular weight is 173 g/mol. The molecule has 0 bridgehead atoms. The maximum absolute atomic E-state index is 5.86. The lowest BCUT2D eigenvalue weighted by molar-refractivity contribution is 0.934. The Labute approximate surface area is 72.0 Å². The molecule has 1 rings (SSSR count). The topological polar surface area (TPSA) is 27.8 Å². The first kappa shape index (κ1) is 8.47. The molecule has 0 aliphatic rings. The summed E-state index contributed by atoms with van der Waals surface area (Å²) in [6.45, 7) is 1.99. The van der Waals surface area contributed by atoms with Gasteiger partial charge in [-0.3, -0.25) is 0 Å². The molecular formula is C8H13ClN2. The molecule has 1 unspecified atom stereocenters. The SMILES string of the molecule is CNc1[nH]ccc1CC(C)Cl. The van der Waals surface area contributed by atoms with Crippen molar-refractivity contribution in [1.82, 2.24) is 4.98 Å². The van der Waals surface area contributed by atoms with Gasteiger partial charge in [0.1, 0.15) is 5.82 Å². The Morgan fingerprint density at radius 2 is 2.45 bits per heavy atom. The lowest BCUT2D eigenvalue weighted by Crippen LogP contribution is -1.99. The highest BCUT2D eigenvalue weighted by atomic mass is 35.5. The number of alkyl halides is 1. The maximum atomic E-state index is 5.86. The van der Waals surface area contributed by atoms with Crippen molar-refractivity contribution in [2.24, 2.45) is 0 Å². The summed E-state index contributed by atoms with van der Waals surface area (Å²) in [5.41, 5.74) is 1.25. The van der Waals surface area contributed by atoms with Gasteiger partial charge in [0.2, 0.25) is 0 Å². The van der Waals surface area contributed by atoms with Crippen LogP contribution in [0.5, 0.6) is 0 Å². The van der Waals surface area contributed by atoms with E-state index in [0.29, 0.717) is 0 Å². The lowest BCUT2D eigenvalue weighted by Gasteiger charge is -2.03. The van der Waals surface area contributed by atoms with E-state index in [9.17, 15) is 0 Å². The van der Waals surface area contributed by atoms with Crippen LogP contribution in [0.3, 0.4) is 0 Å². The van der Waals surface area contributed by atoms with E-state index in [4.69, 9.17) is 11.6 Å². The number of nitrogens with one attached hydrogen (secondary N) is 2. The Morgan fingerprint density at radius 1 is 1.73 bits per heavy atom. The van der Waals surface area contributed by atoms with Crippen LogP contribution in [0.1, 0.15) is 12.5 Å². The van der Waals surface area contributed by atoms with Crippen molar-refractivity contribution < 1.29 is 0 Å². The molecule has 0 aliphatic heterocycles. The summed E-state index contributed by atoms with van der Waals surface area (Å²) in [6.07, 6.45) is 2.82. The second kappa shape index (κ2) is 3.67. The molecule has 3 heteroatoms. The van der Waals surface area contributed by atoms with Crippen LogP contribution in [0.4, 0.5) is 5.82 Å². The molecule has 0 amide bonds. The van der Waals surface area contributed by atoms with Crippen molar-refractivity contribution in [3.8, 4) is 0 Å². The number of anilines is 1. The third kappa shape index (κ3) is 2.15. The second-order valence-electron chi connectivity index (χ2n) is 2.61. The van der Waals surface area contributed by atoms with E-state index in [0.717, 1.165) is 12.2 Å². The maximum Gasteiger partial charge on any atom is 0.106 e. The Morgan fingerprint density at radius 3 is 3.00 bits per heavy atom. The van der Waals surface area contributed by atoms with Gasteiger partial charge in [-0.1, -0.05) is 0 Å². The summed E-state index contributed by atoms with van der Waals surface area (Å²) in [5, 5.41) is 3.26. The normalized spacial score (nSPS) is 13.0. The first-order valence-corrected chi connectivity index (χ1v) is 4.15. The van der Waals surface area contributed by atoms with Crippen LogP contribution >= 0.6 is 11.6 Å². The smallest absolute Gasteiger partial charge is 0.106 e. The van der Waals surface area contributed by atoms with Crippen molar-refractivity contribution in [2.75, 3.05) is 12.4 Å². The van der Waals surface area contributed by atoms with Gasteiger partial charge in [-0.15, -0.1) is 11.6 Å². The number of rotatable bonds is 3. The van der Waals surface area contributed by atoms with Crippen LogP contribution < -0.4 is 5.32 Å². The minimum Gasteiger partial charge on any atom is -0.374 e. The lowest BCUT2D eigenvalue weighted by atomic mass is 10.2. The minimum absolute atomic E-state index is 0.192. The molecule has 11 heavy (non-hydrogen) atoms. The summed E-state index contributed by atoms with van der Waals surface area (Å²) >= 11 is 5.86. The van der Waals surface area contributed by atoms with Gasteiger partial charge in [-0.05, 0) is 25.0 Å². The molecule has 0 radical (unpaired) electrons. The van der Waals surface area contributed by atoms with E-state index in [1.54, 1.807) is 0 Å². The van der Waals surface area contributed by atoms with Crippen molar-refractivity contribution >= 4 is 17.4 Å². The molecule has 0 saturated heterocycles. The number of aromatic nitrogens is 1. The van der Waals surface area contributed by atoms with Crippen molar-refractivity contribution in [3.05, 3.63) is 17.8 Å². The Balaban J connectivity index is 2.68. The van der Waals surface area contributed by atoms with Gasteiger partial charge in [-0.2, -0.15) is 0 Å². The van der Waals surface area contributed by atoms with E-state index in [1.807, 2.05) is 26.2 Å². The number of halogens is 1. The highest BCUT2D eigenvalue weighted by molar-refractivity contribution is 6.20. The predicted molar refractivity (Wildman–Crippen MR) is 49.4 cm³/mol. The third-order valence-electron chi connectivity index (χ3n) is 1.58. The largest absolute Gasteiger partial charge is 0.374 e. The summed E-state index contributed by atoms with van der Waals surface area (Å²) in [5.74, 6) is 1.07. The van der Waals surface area contributed by atoms with Gasteiger partial charge in [0, 0.05) is 18.6 Å². The molecule has 2 nitrogen and oxygen atoms in total. The second-order valence-corrected chi connectivity index (χ2v) is 3.36. The summed E-state index contributed by atoms with van der Waals surface area (Å²) in [7, 11) is 1.90. The van der Waals surface area contributed by atoms with Crippen LogP contribution in [0.25, 0.3) is 0 Å². The first-order valence-electron chi connectivity index (χ1n) is 3.72. The van der Waals surface area contributed by atoms with Gasteiger partial charge in [-0.25, -0.2) is 0 Å². The van der Waals surface area contributed by atoms with Crippen molar-refractivity contribution in [3.63, 3.8) is 0 Å². The van der Waals surface area contributed by atoms with Gasteiger partial charge in [0.25, 0.3) is 0 Å². The molecule has 0 aromatic carbocycles. The van der Waals surface area contributed by atoms with E-state index in [1.165, 1.54) is 5.56 Å². The molecule has 1 atom stereocenters. The molecule has 0 spiro atoms.